The number of nitrogens with one attached hydrogen (secondary N) is 1. The van der Waals surface area contributed by atoms with Crippen LogP contribution in [0.15, 0.2) is 48.5 Å². The molecule has 6 heteroatoms. The van der Waals surface area contributed by atoms with Gasteiger partial charge in [-0.15, -0.1) is 0 Å². The molecule has 0 aliphatic heterocycles. The largest absolute Gasteiger partial charge is 0.506 e. The van der Waals surface area contributed by atoms with E-state index < -0.39 is 12.1 Å². The predicted octanol–water partition coefficient (Wildman–Crippen LogP) is 3.18. The van der Waals surface area contributed by atoms with Crippen LogP contribution < -0.4 is 10.1 Å². The number of amides is 1. The van der Waals surface area contributed by atoms with E-state index in [0.29, 0.717) is 5.75 Å². The minimum atomic E-state index is -0.775. The van der Waals surface area contributed by atoms with Gasteiger partial charge in [0, 0.05) is 0 Å². The third-order valence-corrected chi connectivity index (χ3v) is 2.70. The fourth-order valence-corrected chi connectivity index (χ4v) is 1.71. The Labute approximate surface area is 127 Å². The molecule has 0 saturated heterocycles. The van der Waals surface area contributed by atoms with E-state index in [1.807, 2.05) is 0 Å². The van der Waals surface area contributed by atoms with Gasteiger partial charge in [0.15, 0.2) is 0 Å². The number of esters is 1. The number of phenols is 1. The summed E-state index contributed by atoms with van der Waals surface area (Å²) < 4.78 is 9.90. The number of para-hydroxylation sites is 1. The standard InChI is InChI=1S/C16H15NO5/c1-2-21-15(19)11-8-9-14(18)13(10-11)17-16(20)22-12-6-4-3-5-7-12/h3-10,18H,2H2,1H3,(H,17,20). The lowest BCUT2D eigenvalue weighted by molar-refractivity contribution is 0.0526. The van der Waals surface area contributed by atoms with Crippen molar-refractivity contribution in [3.8, 4) is 11.5 Å². The van der Waals surface area contributed by atoms with Crippen LogP contribution >= 0.6 is 0 Å². The zero-order valence-electron chi connectivity index (χ0n) is 11.9. The van der Waals surface area contributed by atoms with Crippen molar-refractivity contribution in [2.75, 3.05) is 11.9 Å². The predicted molar refractivity (Wildman–Crippen MR) is 80.2 cm³/mol. The normalized spacial score (nSPS) is 9.86. The topological polar surface area (TPSA) is 84.9 Å². The van der Waals surface area contributed by atoms with Crippen molar-refractivity contribution in [1.82, 2.24) is 0 Å². The maximum atomic E-state index is 11.8. The van der Waals surface area contributed by atoms with Gasteiger partial charge in [0.05, 0.1) is 17.9 Å². The van der Waals surface area contributed by atoms with Gasteiger partial charge in [-0.05, 0) is 37.3 Å². The lowest BCUT2D eigenvalue weighted by Crippen LogP contribution is -2.17. The van der Waals surface area contributed by atoms with Crippen molar-refractivity contribution in [2.24, 2.45) is 0 Å². The van der Waals surface area contributed by atoms with E-state index in [9.17, 15) is 14.7 Å². The highest BCUT2D eigenvalue weighted by atomic mass is 16.6. The SMILES string of the molecule is CCOC(=O)c1ccc(O)c(NC(=O)Oc2ccccc2)c1. The summed E-state index contributed by atoms with van der Waals surface area (Å²) in [6, 6.07) is 12.5. The zero-order valence-corrected chi connectivity index (χ0v) is 11.9. The van der Waals surface area contributed by atoms with Crippen LogP contribution in [-0.2, 0) is 4.74 Å². The van der Waals surface area contributed by atoms with Gasteiger partial charge in [-0.1, -0.05) is 18.2 Å². The molecule has 0 atom stereocenters. The van der Waals surface area contributed by atoms with Crippen molar-refractivity contribution < 1.29 is 24.2 Å². The molecule has 0 spiro atoms. The number of phenolic OH excluding ortho intramolecular Hbond substituents is 1. The van der Waals surface area contributed by atoms with Crippen LogP contribution in [0.3, 0.4) is 0 Å². The average Bonchev–Trinajstić information content (AvgIpc) is 2.50. The summed E-state index contributed by atoms with van der Waals surface area (Å²) in [5, 5.41) is 12.1. The number of hydrogen-bond donors (Lipinski definition) is 2. The second-order valence-corrected chi connectivity index (χ2v) is 4.28. The van der Waals surface area contributed by atoms with Gasteiger partial charge in [-0.25, -0.2) is 9.59 Å². The molecule has 114 valence electrons. The highest BCUT2D eigenvalue weighted by Crippen LogP contribution is 2.25. The first-order valence-electron chi connectivity index (χ1n) is 6.64. The Morgan fingerprint density at radius 3 is 2.55 bits per heavy atom. The number of ether oxygens (including phenoxy) is 2. The lowest BCUT2D eigenvalue weighted by atomic mass is 10.2. The first-order valence-corrected chi connectivity index (χ1v) is 6.64. The molecule has 2 aromatic rings. The minimum Gasteiger partial charge on any atom is -0.506 e. The van der Waals surface area contributed by atoms with Gasteiger partial charge >= 0.3 is 12.1 Å². The van der Waals surface area contributed by atoms with Crippen LogP contribution in [0.4, 0.5) is 10.5 Å². The molecule has 0 saturated carbocycles. The number of benzene rings is 2. The van der Waals surface area contributed by atoms with E-state index in [0.717, 1.165) is 0 Å². The molecule has 2 aromatic carbocycles. The van der Waals surface area contributed by atoms with Gasteiger partial charge in [0.2, 0.25) is 0 Å². The second-order valence-electron chi connectivity index (χ2n) is 4.28. The van der Waals surface area contributed by atoms with Gasteiger partial charge in [-0.2, -0.15) is 0 Å². The summed E-state index contributed by atoms with van der Waals surface area (Å²) in [6.45, 7) is 1.92. The number of carbonyl (C=O) groups excluding carboxylic acids is 2. The molecule has 0 aliphatic carbocycles. The summed E-state index contributed by atoms with van der Waals surface area (Å²) in [6.07, 6.45) is -0.775. The number of carbonyl (C=O) groups is 2. The van der Waals surface area contributed by atoms with E-state index in [1.54, 1.807) is 37.3 Å². The Morgan fingerprint density at radius 1 is 1.14 bits per heavy atom. The van der Waals surface area contributed by atoms with E-state index in [1.165, 1.54) is 18.2 Å². The second kappa shape index (κ2) is 7.12. The zero-order chi connectivity index (χ0) is 15.9. The smallest absolute Gasteiger partial charge is 0.417 e. The van der Waals surface area contributed by atoms with Crippen molar-refractivity contribution in [3.05, 3.63) is 54.1 Å². The molecule has 0 aliphatic rings. The number of hydrogen-bond acceptors (Lipinski definition) is 5. The summed E-state index contributed by atoms with van der Waals surface area (Å²) in [5.41, 5.74) is 0.279. The maximum Gasteiger partial charge on any atom is 0.417 e. The molecule has 0 radical (unpaired) electrons. The number of aromatic hydroxyl groups is 1. The molecule has 0 bridgehead atoms. The van der Waals surface area contributed by atoms with Crippen molar-refractivity contribution in [3.63, 3.8) is 0 Å². The molecule has 0 fully saturated rings. The summed E-state index contributed by atoms with van der Waals surface area (Å²) >= 11 is 0. The highest BCUT2D eigenvalue weighted by molar-refractivity contribution is 5.94. The summed E-state index contributed by atoms with van der Waals surface area (Å²) in [7, 11) is 0. The van der Waals surface area contributed by atoms with E-state index in [4.69, 9.17) is 9.47 Å². The van der Waals surface area contributed by atoms with Gasteiger partial charge in [0.25, 0.3) is 0 Å². The minimum absolute atomic E-state index is 0.0616. The molecule has 6 nitrogen and oxygen atoms in total. The van der Waals surface area contributed by atoms with Crippen LogP contribution in [-0.4, -0.2) is 23.8 Å². The van der Waals surface area contributed by atoms with Gasteiger partial charge < -0.3 is 14.6 Å². The Balaban J connectivity index is 2.10. The molecule has 0 aromatic heterocycles. The van der Waals surface area contributed by atoms with Crippen molar-refractivity contribution in [2.45, 2.75) is 6.92 Å². The fraction of sp³-hybridized carbons (Fsp3) is 0.125. The van der Waals surface area contributed by atoms with E-state index >= 15 is 0 Å². The summed E-state index contributed by atoms with van der Waals surface area (Å²) in [5.74, 6) is -0.360. The molecular formula is C16H15NO5. The van der Waals surface area contributed by atoms with Gasteiger partial charge in [-0.3, -0.25) is 5.32 Å². The number of anilines is 1. The lowest BCUT2D eigenvalue weighted by Gasteiger charge is -2.09. The Hall–Kier alpha value is -3.02. The molecule has 2 rings (SSSR count). The molecule has 0 unspecified atom stereocenters. The molecule has 0 heterocycles. The van der Waals surface area contributed by atoms with Crippen LogP contribution in [0.5, 0.6) is 11.5 Å². The first kappa shape index (κ1) is 15.4. The molecule has 22 heavy (non-hydrogen) atoms. The molecular weight excluding hydrogens is 286 g/mol. The maximum absolute atomic E-state index is 11.8. The van der Waals surface area contributed by atoms with Crippen LogP contribution in [0.25, 0.3) is 0 Å². The number of rotatable bonds is 4. The van der Waals surface area contributed by atoms with Crippen LogP contribution in [0.2, 0.25) is 0 Å². The van der Waals surface area contributed by atoms with Crippen molar-refractivity contribution >= 4 is 17.7 Å². The Kier molecular flexibility index (Phi) is 4.98. The average molecular weight is 301 g/mol. The van der Waals surface area contributed by atoms with Crippen molar-refractivity contribution in [1.29, 1.82) is 0 Å². The monoisotopic (exact) mass is 301 g/mol. The highest BCUT2D eigenvalue weighted by Gasteiger charge is 2.13. The fourth-order valence-electron chi connectivity index (χ4n) is 1.71. The quantitative estimate of drug-likeness (QED) is 0.669. The molecule has 2 N–H and O–H groups in total. The third kappa shape index (κ3) is 3.99. The van der Waals surface area contributed by atoms with Crippen LogP contribution in [0, 0.1) is 0 Å². The van der Waals surface area contributed by atoms with E-state index in [-0.39, 0.29) is 23.6 Å². The summed E-state index contributed by atoms with van der Waals surface area (Å²) in [4.78, 5) is 23.4. The van der Waals surface area contributed by atoms with Gasteiger partial charge in [0.1, 0.15) is 11.5 Å². The molecule has 1 amide bonds. The third-order valence-electron chi connectivity index (χ3n) is 2.70. The van der Waals surface area contributed by atoms with Crippen LogP contribution in [0.1, 0.15) is 17.3 Å². The first-order chi connectivity index (χ1) is 10.6. The van der Waals surface area contributed by atoms with E-state index in [2.05, 4.69) is 5.32 Å². The Bertz CT molecular complexity index is 669. The Morgan fingerprint density at radius 2 is 1.86 bits per heavy atom.